The highest BCUT2D eigenvalue weighted by Gasteiger charge is 2.09. The van der Waals surface area contributed by atoms with Crippen molar-refractivity contribution in [3.05, 3.63) is 0 Å². The Labute approximate surface area is 281 Å². The smallest absolute Gasteiger partial charge is 0.0664 e. The number of aliphatic hydroxyl groups is 3. The van der Waals surface area contributed by atoms with Gasteiger partial charge in [0.05, 0.1) is 18.3 Å². The zero-order valence-electron chi connectivity index (χ0n) is 30.6. The van der Waals surface area contributed by atoms with Gasteiger partial charge in [-0.25, -0.2) is 0 Å². The first kappa shape index (κ1) is 44.7. The van der Waals surface area contributed by atoms with Crippen LogP contribution in [0.4, 0.5) is 0 Å². The Bertz CT molecular complexity index is 519. The molecule has 7 heteroatoms. The minimum atomic E-state index is -0.282. The summed E-state index contributed by atoms with van der Waals surface area (Å²) in [5.41, 5.74) is 0. The molecular weight excluding hydrogens is 560 g/mol. The molecule has 0 heterocycles. The molecular formula is C38H82N4O3. The largest absolute Gasteiger partial charge is 0.392 e. The van der Waals surface area contributed by atoms with Crippen LogP contribution in [0.5, 0.6) is 0 Å². The monoisotopic (exact) mass is 643 g/mol. The van der Waals surface area contributed by atoms with Crippen LogP contribution in [0.3, 0.4) is 0 Å². The van der Waals surface area contributed by atoms with Gasteiger partial charge in [-0.15, -0.1) is 0 Å². The summed E-state index contributed by atoms with van der Waals surface area (Å²) in [4.78, 5) is 2.43. The maximum atomic E-state index is 10.4. The van der Waals surface area contributed by atoms with Crippen LogP contribution in [0.25, 0.3) is 0 Å². The standard InChI is InChI=1S/C38H82N4O3/c1-4-7-9-11-13-15-17-19-21-23-25-37(44)34-40-28-31-42(30-27-39-33-36(43)6-3)32-29-41-35-38(45)26-24-22-20-18-16-14-12-10-8-5-2/h36-41,43-45H,4-35H2,1-3H3. The normalized spacial score (nSPS) is 13.9. The molecule has 272 valence electrons. The number of aliphatic hydroxyl groups excluding tert-OH is 3. The van der Waals surface area contributed by atoms with Gasteiger partial charge in [0, 0.05) is 58.9 Å². The van der Waals surface area contributed by atoms with E-state index in [2.05, 4.69) is 34.7 Å². The summed E-state index contributed by atoms with van der Waals surface area (Å²) < 4.78 is 0. The molecule has 45 heavy (non-hydrogen) atoms. The lowest BCUT2D eigenvalue weighted by Crippen LogP contribution is -2.43. The highest BCUT2D eigenvalue weighted by molar-refractivity contribution is 4.68. The van der Waals surface area contributed by atoms with E-state index < -0.39 is 0 Å². The van der Waals surface area contributed by atoms with E-state index in [9.17, 15) is 15.3 Å². The first-order valence-corrected chi connectivity index (χ1v) is 19.9. The van der Waals surface area contributed by atoms with Gasteiger partial charge in [-0.3, -0.25) is 4.90 Å². The molecule has 0 rings (SSSR count). The Morgan fingerprint density at radius 3 is 1.00 bits per heavy atom. The maximum Gasteiger partial charge on any atom is 0.0664 e. The van der Waals surface area contributed by atoms with Gasteiger partial charge in [0.15, 0.2) is 0 Å². The maximum absolute atomic E-state index is 10.4. The van der Waals surface area contributed by atoms with Crippen LogP contribution in [-0.4, -0.2) is 97.4 Å². The molecule has 0 radical (unpaired) electrons. The average Bonchev–Trinajstić information content (AvgIpc) is 3.04. The molecule has 0 aliphatic heterocycles. The van der Waals surface area contributed by atoms with Crippen molar-refractivity contribution in [1.29, 1.82) is 0 Å². The van der Waals surface area contributed by atoms with Crippen molar-refractivity contribution in [2.45, 2.75) is 187 Å². The number of nitrogens with one attached hydrogen (secondary N) is 3. The molecule has 7 nitrogen and oxygen atoms in total. The topological polar surface area (TPSA) is 100 Å². The summed E-state index contributed by atoms with van der Waals surface area (Å²) >= 11 is 0. The lowest BCUT2D eigenvalue weighted by atomic mass is 10.0. The van der Waals surface area contributed by atoms with Crippen LogP contribution in [-0.2, 0) is 0 Å². The fraction of sp³-hybridized carbons (Fsp3) is 1.00. The summed E-state index contributed by atoms with van der Waals surface area (Å²) in [7, 11) is 0. The van der Waals surface area contributed by atoms with Crippen LogP contribution >= 0.6 is 0 Å². The third-order valence-electron chi connectivity index (χ3n) is 9.21. The number of rotatable bonds is 38. The van der Waals surface area contributed by atoms with Crippen molar-refractivity contribution in [3.63, 3.8) is 0 Å². The van der Waals surface area contributed by atoms with E-state index in [1.165, 1.54) is 116 Å². The third kappa shape index (κ3) is 34.9. The molecule has 0 saturated carbocycles. The lowest BCUT2D eigenvalue weighted by molar-refractivity contribution is 0.152. The summed E-state index contributed by atoms with van der Waals surface area (Å²) in [5, 5.41) is 41.0. The first-order chi connectivity index (χ1) is 22.0. The van der Waals surface area contributed by atoms with Crippen molar-refractivity contribution < 1.29 is 15.3 Å². The number of hydrogen-bond acceptors (Lipinski definition) is 7. The molecule has 0 bridgehead atoms. The Hall–Kier alpha value is -0.280. The predicted molar refractivity (Wildman–Crippen MR) is 196 cm³/mol. The van der Waals surface area contributed by atoms with Crippen LogP contribution in [0.2, 0.25) is 0 Å². The van der Waals surface area contributed by atoms with Gasteiger partial charge in [-0.05, 0) is 19.3 Å². The second-order valence-electron chi connectivity index (χ2n) is 13.8. The minimum absolute atomic E-state index is 0.261. The van der Waals surface area contributed by atoms with Crippen molar-refractivity contribution in [2.24, 2.45) is 0 Å². The predicted octanol–water partition coefficient (Wildman–Crippen LogP) is 7.17. The molecule has 0 aliphatic rings. The van der Waals surface area contributed by atoms with Crippen LogP contribution in [0, 0.1) is 0 Å². The van der Waals surface area contributed by atoms with Gasteiger partial charge >= 0.3 is 0 Å². The van der Waals surface area contributed by atoms with E-state index in [1.54, 1.807) is 0 Å². The number of hydrogen-bond donors (Lipinski definition) is 6. The van der Waals surface area contributed by atoms with E-state index in [1.807, 2.05) is 6.92 Å². The Balaban J connectivity index is 3.99. The molecule has 0 aromatic heterocycles. The molecule has 0 aliphatic carbocycles. The summed E-state index contributed by atoms with van der Waals surface area (Å²) in [6, 6.07) is 0. The van der Waals surface area contributed by atoms with Crippen molar-refractivity contribution in [2.75, 3.05) is 58.9 Å². The van der Waals surface area contributed by atoms with Gasteiger partial charge in [0.2, 0.25) is 0 Å². The van der Waals surface area contributed by atoms with E-state index in [4.69, 9.17) is 0 Å². The zero-order chi connectivity index (χ0) is 33.1. The second kappa shape index (κ2) is 36.6. The molecule has 0 fully saturated rings. The van der Waals surface area contributed by atoms with Crippen LogP contribution in [0.15, 0.2) is 0 Å². The van der Waals surface area contributed by atoms with Crippen molar-refractivity contribution >= 4 is 0 Å². The minimum Gasteiger partial charge on any atom is -0.392 e. The van der Waals surface area contributed by atoms with Gasteiger partial charge in [-0.2, -0.15) is 0 Å². The molecule has 6 N–H and O–H groups in total. The van der Waals surface area contributed by atoms with Crippen LogP contribution in [0.1, 0.15) is 168 Å². The average molecular weight is 643 g/mol. The Morgan fingerprint density at radius 2 is 0.689 bits per heavy atom. The van der Waals surface area contributed by atoms with E-state index >= 15 is 0 Å². The third-order valence-corrected chi connectivity index (χ3v) is 9.21. The van der Waals surface area contributed by atoms with Gasteiger partial charge in [0.1, 0.15) is 0 Å². The number of unbranched alkanes of at least 4 members (excludes halogenated alkanes) is 18. The van der Waals surface area contributed by atoms with E-state index in [0.29, 0.717) is 19.6 Å². The molecule has 0 aromatic rings. The quantitative estimate of drug-likeness (QED) is 0.0397. The number of nitrogens with zero attached hydrogens (tertiary/aromatic N) is 1. The molecule has 0 amide bonds. The van der Waals surface area contributed by atoms with Crippen molar-refractivity contribution in [1.82, 2.24) is 20.9 Å². The highest BCUT2D eigenvalue weighted by atomic mass is 16.3. The SMILES string of the molecule is CCCCCCCCCCCCC(O)CNCCN(CCNCC(O)CC)CCNCC(O)CCCCCCCCCCCC. The summed E-state index contributed by atoms with van der Waals surface area (Å²) in [6.07, 6.45) is 28.3. The molecule has 3 atom stereocenters. The first-order valence-electron chi connectivity index (χ1n) is 19.9. The lowest BCUT2D eigenvalue weighted by Gasteiger charge is -2.24. The van der Waals surface area contributed by atoms with Crippen LogP contribution < -0.4 is 16.0 Å². The Morgan fingerprint density at radius 1 is 0.400 bits per heavy atom. The van der Waals surface area contributed by atoms with Gasteiger partial charge in [-0.1, -0.05) is 149 Å². The summed E-state index contributed by atoms with van der Waals surface area (Å²) in [5.74, 6) is 0. The van der Waals surface area contributed by atoms with Gasteiger partial charge in [0.25, 0.3) is 0 Å². The van der Waals surface area contributed by atoms with E-state index in [0.717, 1.165) is 71.4 Å². The molecule has 0 spiro atoms. The highest BCUT2D eigenvalue weighted by Crippen LogP contribution is 2.13. The molecule has 0 saturated heterocycles. The Kier molecular flexibility index (Phi) is 36.3. The fourth-order valence-corrected chi connectivity index (χ4v) is 5.94. The van der Waals surface area contributed by atoms with Crippen molar-refractivity contribution in [3.8, 4) is 0 Å². The zero-order valence-corrected chi connectivity index (χ0v) is 30.6. The second-order valence-corrected chi connectivity index (χ2v) is 13.8. The van der Waals surface area contributed by atoms with E-state index in [-0.39, 0.29) is 18.3 Å². The summed E-state index contributed by atoms with van der Waals surface area (Å²) in [6.45, 7) is 13.8. The molecule has 0 aromatic carbocycles. The van der Waals surface area contributed by atoms with Gasteiger partial charge < -0.3 is 31.3 Å². The molecule has 3 unspecified atom stereocenters. The fourth-order valence-electron chi connectivity index (χ4n) is 5.94.